The molecule has 2 rings (SSSR count). The molecule has 1 atom stereocenters. The molecule has 0 aliphatic carbocycles. The zero-order valence-electron chi connectivity index (χ0n) is 8.21. The average molecular weight is 190 g/mol. The van der Waals surface area contributed by atoms with E-state index in [1.807, 2.05) is 18.2 Å². The van der Waals surface area contributed by atoms with Crippen LogP contribution in [0.5, 0.6) is 0 Å². The molecule has 1 aliphatic heterocycles. The van der Waals surface area contributed by atoms with Crippen LogP contribution < -0.4 is 10.6 Å². The van der Waals surface area contributed by atoms with Crippen LogP contribution in [0.3, 0.4) is 0 Å². The van der Waals surface area contributed by atoms with E-state index < -0.39 is 0 Å². The SMILES string of the molecule is CNC(=O)[C@H]1NCCc2ccccc21. The number of hydrogen-bond donors (Lipinski definition) is 2. The van der Waals surface area contributed by atoms with Gasteiger partial charge in [-0.1, -0.05) is 24.3 Å². The first-order valence-electron chi connectivity index (χ1n) is 4.85. The van der Waals surface area contributed by atoms with Crippen LogP contribution in [-0.4, -0.2) is 19.5 Å². The number of carbonyl (C=O) groups is 1. The lowest BCUT2D eigenvalue weighted by Crippen LogP contribution is -2.40. The topological polar surface area (TPSA) is 41.1 Å². The maximum absolute atomic E-state index is 11.6. The van der Waals surface area contributed by atoms with Gasteiger partial charge in [-0.25, -0.2) is 0 Å². The standard InChI is InChI=1S/C11H14N2O/c1-12-11(14)10-9-5-3-2-4-8(9)6-7-13-10/h2-5,10,13H,6-7H2,1H3,(H,12,14)/t10-/m0/s1. The molecule has 0 unspecified atom stereocenters. The van der Waals surface area contributed by atoms with Gasteiger partial charge >= 0.3 is 0 Å². The average Bonchev–Trinajstić information content (AvgIpc) is 2.27. The molecule has 1 heterocycles. The van der Waals surface area contributed by atoms with Crippen LogP contribution in [0, 0.1) is 0 Å². The maximum atomic E-state index is 11.6. The molecule has 2 N–H and O–H groups in total. The summed E-state index contributed by atoms with van der Waals surface area (Å²) >= 11 is 0. The molecule has 0 bridgehead atoms. The summed E-state index contributed by atoms with van der Waals surface area (Å²) in [5.41, 5.74) is 2.39. The van der Waals surface area contributed by atoms with E-state index in [0.29, 0.717) is 0 Å². The molecule has 0 radical (unpaired) electrons. The van der Waals surface area contributed by atoms with Crippen molar-refractivity contribution < 1.29 is 4.79 Å². The first-order chi connectivity index (χ1) is 6.83. The van der Waals surface area contributed by atoms with Gasteiger partial charge in [0.15, 0.2) is 0 Å². The Morgan fingerprint density at radius 2 is 2.29 bits per heavy atom. The lowest BCUT2D eigenvalue weighted by molar-refractivity contribution is -0.122. The van der Waals surface area contributed by atoms with Crippen molar-refractivity contribution in [2.75, 3.05) is 13.6 Å². The predicted molar refractivity (Wildman–Crippen MR) is 55.0 cm³/mol. The van der Waals surface area contributed by atoms with Gasteiger partial charge in [-0.05, 0) is 17.5 Å². The first kappa shape index (κ1) is 9.21. The molecule has 1 aliphatic rings. The van der Waals surface area contributed by atoms with Crippen molar-refractivity contribution in [3.63, 3.8) is 0 Å². The van der Waals surface area contributed by atoms with E-state index in [4.69, 9.17) is 0 Å². The molecule has 3 nitrogen and oxygen atoms in total. The minimum absolute atomic E-state index is 0.0390. The normalized spacial score (nSPS) is 19.9. The molecule has 0 fully saturated rings. The van der Waals surface area contributed by atoms with E-state index >= 15 is 0 Å². The van der Waals surface area contributed by atoms with Crippen molar-refractivity contribution in [2.24, 2.45) is 0 Å². The van der Waals surface area contributed by atoms with Crippen LogP contribution in [0.1, 0.15) is 17.2 Å². The van der Waals surface area contributed by atoms with E-state index in [-0.39, 0.29) is 11.9 Å². The van der Waals surface area contributed by atoms with Gasteiger partial charge in [-0.3, -0.25) is 4.79 Å². The summed E-state index contributed by atoms with van der Waals surface area (Å²) in [5.74, 6) is 0.0390. The van der Waals surface area contributed by atoms with Crippen molar-refractivity contribution >= 4 is 5.91 Å². The molecule has 0 aromatic heterocycles. The second kappa shape index (κ2) is 3.80. The van der Waals surface area contributed by atoms with Crippen molar-refractivity contribution in [1.82, 2.24) is 10.6 Å². The smallest absolute Gasteiger partial charge is 0.241 e. The molecule has 0 spiro atoms. The van der Waals surface area contributed by atoms with E-state index in [1.165, 1.54) is 5.56 Å². The third-order valence-electron chi connectivity index (χ3n) is 2.62. The number of nitrogens with one attached hydrogen (secondary N) is 2. The van der Waals surface area contributed by atoms with Crippen molar-refractivity contribution in [3.05, 3.63) is 35.4 Å². The molecular formula is C11H14N2O. The van der Waals surface area contributed by atoms with Crippen LogP contribution in [0.4, 0.5) is 0 Å². The highest BCUT2D eigenvalue weighted by Crippen LogP contribution is 2.22. The summed E-state index contributed by atoms with van der Waals surface area (Å²) in [6.07, 6.45) is 1.00. The number of benzene rings is 1. The van der Waals surface area contributed by atoms with Crippen LogP contribution in [0.2, 0.25) is 0 Å². The Morgan fingerprint density at radius 1 is 1.50 bits per heavy atom. The van der Waals surface area contributed by atoms with Gasteiger partial charge in [0.2, 0.25) is 5.91 Å². The van der Waals surface area contributed by atoms with E-state index in [9.17, 15) is 4.79 Å². The van der Waals surface area contributed by atoms with Gasteiger partial charge in [0, 0.05) is 13.6 Å². The Balaban J connectivity index is 2.35. The quantitative estimate of drug-likeness (QED) is 0.681. The summed E-state index contributed by atoms with van der Waals surface area (Å²) in [6.45, 7) is 0.870. The zero-order valence-corrected chi connectivity index (χ0v) is 8.21. The fourth-order valence-electron chi connectivity index (χ4n) is 1.88. The van der Waals surface area contributed by atoms with E-state index in [0.717, 1.165) is 18.5 Å². The summed E-state index contributed by atoms with van der Waals surface area (Å²) in [6, 6.07) is 7.92. The van der Waals surface area contributed by atoms with Gasteiger partial charge < -0.3 is 10.6 Å². The Hall–Kier alpha value is -1.35. The summed E-state index contributed by atoms with van der Waals surface area (Å²) in [7, 11) is 1.67. The monoisotopic (exact) mass is 190 g/mol. The number of hydrogen-bond acceptors (Lipinski definition) is 2. The van der Waals surface area contributed by atoms with E-state index in [2.05, 4.69) is 16.7 Å². The van der Waals surface area contributed by atoms with E-state index in [1.54, 1.807) is 7.05 Å². The summed E-state index contributed by atoms with van der Waals surface area (Å²) in [4.78, 5) is 11.6. The Bertz CT molecular complexity index is 349. The largest absolute Gasteiger partial charge is 0.358 e. The first-order valence-corrected chi connectivity index (χ1v) is 4.85. The fourth-order valence-corrected chi connectivity index (χ4v) is 1.88. The van der Waals surface area contributed by atoms with Crippen LogP contribution in [0.25, 0.3) is 0 Å². The van der Waals surface area contributed by atoms with Gasteiger partial charge in [-0.15, -0.1) is 0 Å². The van der Waals surface area contributed by atoms with Gasteiger partial charge in [0.25, 0.3) is 0 Å². The third-order valence-corrected chi connectivity index (χ3v) is 2.62. The Kier molecular flexibility index (Phi) is 2.50. The van der Waals surface area contributed by atoms with Crippen molar-refractivity contribution in [3.8, 4) is 0 Å². The maximum Gasteiger partial charge on any atom is 0.241 e. The predicted octanol–water partition coefficient (Wildman–Crippen LogP) is 0.619. The van der Waals surface area contributed by atoms with Gasteiger partial charge in [0.1, 0.15) is 6.04 Å². The molecule has 14 heavy (non-hydrogen) atoms. The second-order valence-electron chi connectivity index (χ2n) is 3.45. The molecule has 3 heteroatoms. The van der Waals surface area contributed by atoms with Gasteiger partial charge in [0.05, 0.1) is 0 Å². The minimum atomic E-state index is -0.176. The van der Waals surface area contributed by atoms with Crippen LogP contribution in [0.15, 0.2) is 24.3 Å². The number of amides is 1. The fraction of sp³-hybridized carbons (Fsp3) is 0.364. The highest BCUT2D eigenvalue weighted by Gasteiger charge is 2.24. The third kappa shape index (κ3) is 1.51. The minimum Gasteiger partial charge on any atom is -0.358 e. The van der Waals surface area contributed by atoms with Crippen LogP contribution >= 0.6 is 0 Å². The summed E-state index contributed by atoms with van der Waals surface area (Å²) < 4.78 is 0. The highest BCUT2D eigenvalue weighted by molar-refractivity contribution is 5.83. The molecule has 0 saturated carbocycles. The molecule has 74 valence electrons. The van der Waals surface area contributed by atoms with Crippen molar-refractivity contribution in [1.29, 1.82) is 0 Å². The molecule has 0 saturated heterocycles. The second-order valence-corrected chi connectivity index (χ2v) is 3.45. The van der Waals surface area contributed by atoms with Crippen molar-refractivity contribution in [2.45, 2.75) is 12.5 Å². The highest BCUT2D eigenvalue weighted by atomic mass is 16.2. The Labute approximate surface area is 83.5 Å². The Morgan fingerprint density at radius 3 is 3.07 bits per heavy atom. The number of likely N-dealkylation sites (N-methyl/N-ethyl adjacent to an activating group) is 1. The van der Waals surface area contributed by atoms with Gasteiger partial charge in [-0.2, -0.15) is 0 Å². The number of fused-ring (bicyclic) bond motifs is 1. The van der Waals surface area contributed by atoms with Crippen LogP contribution in [-0.2, 0) is 11.2 Å². The number of carbonyl (C=O) groups excluding carboxylic acids is 1. The molecule has 1 aromatic rings. The zero-order chi connectivity index (χ0) is 9.97. The molecule has 1 amide bonds. The lowest BCUT2D eigenvalue weighted by Gasteiger charge is -2.25. The summed E-state index contributed by atoms with van der Waals surface area (Å²) in [5, 5.41) is 5.89. The lowest BCUT2D eigenvalue weighted by atomic mass is 9.94. The molecule has 1 aromatic carbocycles. The number of rotatable bonds is 1. The molecular weight excluding hydrogens is 176 g/mol.